The van der Waals surface area contributed by atoms with Gasteiger partial charge in [-0.15, -0.1) is 0 Å². The summed E-state index contributed by atoms with van der Waals surface area (Å²) in [6.45, 7) is 4.37. The zero-order chi connectivity index (χ0) is 7.56. The highest BCUT2D eigenvalue weighted by Gasteiger charge is 1.99. The number of rotatable bonds is 2. The Morgan fingerprint density at radius 1 is 1.60 bits per heavy atom. The van der Waals surface area contributed by atoms with Gasteiger partial charge in [0.15, 0.2) is 0 Å². The van der Waals surface area contributed by atoms with Crippen LogP contribution in [0.15, 0.2) is 18.5 Å². The van der Waals surface area contributed by atoms with Gasteiger partial charge in [0.25, 0.3) is 0 Å². The van der Waals surface area contributed by atoms with Crippen LogP contribution < -0.4 is 0 Å². The molecule has 1 aromatic rings. The lowest BCUT2D eigenvalue weighted by Crippen LogP contribution is -1.81. The van der Waals surface area contributed by atoms with Crippen molar-refractivity contribution < 1.29 is 0 Å². The molecule has 56 valence electrons. The van der Waals surface area contributed by atoms with Gasteiger partial charge in [0.05, 0.1) is 0 Å². The molecule has 0 aliphatic heterocycles. The Labute approximate surface area is 70.8 Å². The first-order chi connectivity index (χ1) is 4.74. The van der Waals surface area contributed by atoms with E-state index in [0.717, 1.165) is 0 Å². The summed E-state index contributed by atoms with van der Waals surface area (Å²) < 4.78 is 1.98. The highest BCUT2D eigenvalue weighted by atomic mass is 33.1. The van der Waals surface area contributed by atoms with Crippen molar-refractivity contribution in [1.82, 2.24) is 3.97 Å². The van der Waals surface area contributed by atoms with Crippen LogP contribution in [-0.4, -0.2) is 3.97 Å². The van der Waals surface area contributed by atoms with Crippen LogP contribution in [-0.2, 0) is 0 Å². The second-order valence-electron chi connectivity index (χ2n) is 2.54. The molecule has 0 atom stereocenters. The molecular formula is C7H11NS2. The molecule has 0 unspecified atom stereocenters. The van der Waals surface area contributed by atoms with Crippen LogP contribution in [0.2, 0.25) is 0 Å². The highest BCUT2D eigenvalue weighted by molar-refractivity contribution is 8.67. The maximum Gasteiger partial charge on any atom is 0.0221 e. The lowest BCUT2D eigenvalue weighted by atomic mass is 10.1. The highest BCUT2D eigenvalue weighted by Crippen LogP contribution is 2.18. The molecule has 0 saturated heterocycles. The van der Waals surface area contributed by atoms with E-state index >= 15 is 0 Å². The van der Waals surface area contributed by atoms with E-state index in [9.17, 15) is 0 Å². The molecule has 0 N–H and O–H groups in total. The van der Waals surface area contributed by atoms with E-state index in [1.165, 1.54) is 16.5 Å². The van der Waals surface area contributed by atoms with Gasteiger partial charge in [-0.1, -0.05) is 25.5 Å². The van der Waals surface area contributed by atoms with Crippen LogP contribution in [0.4, 0.5) is 0 Å². The van der Waals surface area contributed by atoms with E-state index in [-0.39, 0.29) is 0 Å². The average molecular weight is 173 g/mol. The molecule has 0 aliphatic rings. The van der Waals surface area contributed by atoms with Gasteiger partial charge in [0.2, 0.25) is 0 Å². The molecule has 3 heteroatoms. The zero-order valence-corrected chi connectivity index (χ0v) is 7.82. The van der Waals surface area contributed by atoms with E-state index in [1.807, 2.05) is 10.2 Å². The Bertz CT molecular complexity index is 205. The Hall–Kier alpha value is -0.0200. The Morgan fingerprint density at radius 3 is 2.60 bits per heavy atom. The summed E-state index contributed by atoms with van der Waals surface area (Å²) >= 11 is 4.07. The van der Waals surface area contributed by atoms with E-state index < -0.39 is 0 Å². The van der Waals surface area contributed by atoms with Crippen LogP contribution in [0, 0.1) is 0 Å². The van der Waals surface area contributed by atoms with Gasteiger partial charge < -0.3 is 0 Å². The van der Waals surface area contributed by atoms with E-state index in [2.05, 4.69) is 37.8 Å². The van der Waals surface area contributed by atoms with Gasteiger partial charge in [-0.25, -0.2) is 0 Å². The van der Waals surface area contributed by atoms with Crippen molar-refractivity contribution in [3.05, 3.63) is 24.0 Å². The van der Waals surface area contributed by atoms with Gasteiger partial charge in [-0.2, -0.15) is 0 Å². The van der Waals surface area contributed by atoms with Gasteiger partial charge in [0.1, 0.15) is 0 Å². The minimum atomic E-state index is 0.613. The van der Waals surface area contributed by atoms with Crippen LogP contribution in [0.5, 0.6) is 0 Å². The first-order valence-electron chi connectivity index (χ1n) is 3.24. The normalized spacial score (nSPS) is 10.8. The standard InChI is InChI=1S/C7H11NS2/c1-6(2)7-3-4-8(5-7)10-9/h3-6,9H,1-2H3. The minimum Gasteiger partial charge on any atom is -0.290 e. The predicted molar refractivity (Wildman–Crippen MR) is 50.5 cm³/mol. The molecular weight excluding hydrogens is 162 g/mol. The second-order valence-corrected chi connectivity index (χ2v) is 3.62. The molecule has 1 rings (SSSR count). The Morgan fingerprint density at radius 2 is 2.30 bits per heavy atom. The molecule has 1 heterocycles. The van der Waals surface area contributed by atoms with Crippen molar-refractivity contribution in [3.63, 3.8) is 0 Å². The summed E-state index contributed by atoms with van der Waals surface area (Å²) in [4.78, 5) is 0. The molecule has 0 aromatic carbocycles. The maximum absolute atomic E-state index is 4.07. The third kappa shape index (κ3) is 1.73. The third-order valence-corrected chi connectivity index (χ3v) is 2.43. The topological polar surface area (TPSA) is 4.93 Å². The SMILES string of the molecule is CC(C)c1ccn(SS)c1. The Kier molecular flexibility index (Phi) is 2.74. The summed E-state index contributed by atoms with van der Waals surface area (Å²) in [7, 11) is 1.42. The van der Waals surface area contributed by atoms with Crippen molar-refractivity contribution >= 4 is 22.6 Å². The molecule has 0 amide bonds. The molecule has 0 bridgehead atoms. The van der Waals surface area contributed by atoms with Gasteiger partial charge >= 0.3 is 0 Å². The molecule has 1 nitrogen and oxygen atoms in total. The van der Waals surface area contributed by atoms with Crippen LogP contribution in [0.3, 0.4) is 0 Å². The van der Waals surface area contributed by atoms with Crippen molar-refractivity contribution in [2.24, 2.45) is 0 Å². The smallest absolute Gasteiger partial charge is 0.0221 e. The van der Waals surface area contributed by atoms with E-state index in [0.29, 0.717) is 5.92 Å². The lowest BCUT2D eigenvalue weighted by Gasteiger charge is -1.97. The average Bonchev–Trinajstić information content (AvgIpc) is 2.34. The molecule has 0 aliphatic carbocycles. The zero-order valence-electron chi connectivity index (χ0n) is 6.11. The number of hydrogen-bond donors (Lipinski definition) is 1. The number of nitrogens with zero attached hydrogens (tertiary/aromatic N) is 1. The molecule has 0 spiro atoms. The number of aromatic nitrogens is 1. The fraction of sp³-hybridized carbons (Fsp3) is 0.429. The second kappa shape index (κ2) is 3.39. The third-order valence-electron chi connectivity index (χ3n) is 1.45. The fourth-order valence-corrected chi connectivity index (χ4v) is 1.37. The van der Waals surface area contributed by atoms with Crippen LogP contribution in [0.25, 0.3) is 0 Å². The molecule has 0 saturated carbocycles. The van der Waals surface area contributed by atoms with Gasteiger partial charge in [0, 0.05) is 23.4 Å². The summed E-state index contributed by atoms with van der Waals surface area (Å²) in [6.07, 6.45) is 4.12. The summed E-state index contributed by atoms with van der Waals surface area (Å²) in [5.74, 6) is 0.613. The Balaban J connectivity index is 2.78. The lowest BCUT2D eigenvalue weighted by molar-refractivity contribution is 0.867. The summed E-state index contributed by atoms with van der Waals surface area (Å²) in [6, 6.07) is 2.12. The van der Waals surface area contributed by atoms with Crippen LogP contribution in [0.1, 0.15) is 25.3 Å². The van der Waals surface area contributed by atoms with Crippen molar-refractivity contribution in [1.29, 1.82) is 0 Å². The van der Waals surface area contributed by atoms with Crippen molar-refractivity contribution in [3.8, 4) is 0 Å². The summed E-state index contributed by atoms with van der Waals surface area (Å²) in [5.41, 5.74) is 1.36. The molecule has 10 heavy (non-hydrogen) atoms. The first-order valence-corrected chi connectivity index (χ1v) is 5.06. The quantitative estimate of drug-likeness (QED) is 0.532. The maximum atomic E-state index is 4.07. The van der Waals surface area contributed by atoms with E-state index in [4.69, 9.17) is 0 Å². The number of thiol groups is 1. The summed E-state index contributed by atoms with van der Waals surface area (Å²) in [5, 5.41) is 0. The molecule has 0 radical (unpaired) electrons. The van der Waals surface area contributed by atoms with E-state index in [1.54, 1.807) is 0 Å². The van der Waals surface area contributed by atoms with Crippen molar-refractivity contribution in [2.45, 2.75) is 19.8 Å². The predicted octanol–water partition coefficient (Wildman–Crippen LogP) is 2.95. The van der Waals surface area contributed by atoms with Crippen LogP contribution >= 0.6 is 22.6 Å². The fourth-order valence-electron chi connectivity index (χ4n) is 0.785. The first kappa shape index (κ1) is 8.08. The van der Waals surface area contributed by atoms with Gasteiger partial charge in [-0.05, 0) is 17.5 Å². The molecule has 0 fully saturated rings. The minimum absolute atomic E-state index is 0.613. The monoisotopic (exact) mass is 173 g/mol. The van der Waals surface area contributed by atoms with Gasteiger partial charge in [-0.3, -0.25) is 3.97 Å². The largest absolute Gasteiger partial charge is 0.290 e. The number of hydrogen-bond acceptors (Lipinski definition) is 2. The molecule has 1 aromatic heterocycles. The van der Waals surface area contributed by atoms with Crippen molar-refractivity contribution in [2.75, 3.05) is 0 Å².